The number of benzene rings is 1. The number of hydrogen-bond acceptors (Lipinski definition) is 3. The highest BCUT2D eigenvalue weighted by Crippen LogP contribution is 2.30. The number of ether oxygens (including phenoxy) is 1. The Kier molecular flexibility index (Phi) is 4.07. The molecule has 1 fully saturated rings. The van der Waals surface area contributed by atoms with Crippen molar-refractivity contribution in [2.45, 2.75) is 38.1 Å². The largest absolute Gasteiger partial charge is 0.488 e. The zero-order valence-corrected chi connectivity index (χ0v) is 13.6. The minimum atomic E-state index is -0.123. The van der Waals surface area contributed by atoms with Crippen LogP contribution in [0.5, 0.6) is 5.75 Å². The second kappa shape index (κ2) is 6.51. The Bertz CT molecular complexity index is 772. The predicted molar refractivity (Wildman–Crippen MR) is 92.9 cm³/mol. The number of rotatable bonds is 3. The van der Waals surface area contributed by atoms with E-state index in [1.165, 1.54) is 19.3 Å². The van der Waals surface area contributed by atoms with Crippen LogP contribution < -0.4 is 10.1 Å². The fourth-order valence-electron chi connectivity index (χ4n) is 3.47. The van der Waals surface area contributed by atoms with E-state index in [1.54, 1.807) is 6.20 Å². The van der Waals surface area contributed by atoms with E-state index in [-0.39, 0.29) is 5.91 Å². The lowest BCUT2D eigenvalue weighted by Crippen LogP contribution is -2.24. The summed E-state index contributed by atoms with van der Waals surface area (Å²) in [5.41, 5.74) is 1.57. The van der Waals surface area contributed by atoms with Crippen LogP contribution in [0, 0.1) is 0 Å². The normalized spacial score (nSPS) is 17.6. The SMILES string of the molecule is O=C(Nc1ccnn1C1CCCCC1)C1=Cc2ccccc2OC1. The zero-order valence-electron chi connectivity index (χ0n) is 13.6. The maximum absolute atomic E-state index is 12.6. The smallest absolute Gasteiger partial charge is 0.256 e. The van der Waals surface area contributed by atoms with Gasteiger partial charge in [-0.3, -0.25) is 4.79 Å². The molecule has 1 N–H and O–H groups in total. The van der Waals surface area contributed by atoms with Crippen LogP contribution in [0.25, 0.3) is 6.08 Å². The number of carbonyl (C=O) groups excluding carboxylic acids is 1. The van der Waals surface area contributed by atoms with Gasteiger partial charge in [-0.25, -0.2) is 4.68 Å². The number of hydrogen-bond donors (Lipinski definition) is 1. The fraction of sp³-hybridized carbons (Fsp3) is 0.368. The van der Waals surface area contributed by atoms with Crippen molar-refractivity contribution in [3.63, 3.8) is 0 Å². The topological polar surface area (TPSA) is 56.2 Å². The first-order valence-electron chi connectivity index (χ1n) is 8.58. The van der Waals surface area contributed by atoms with Gasteiger partial charge in [0.05, 0.1) is 17.8 Å². The maximum Gasteiger partial charge on any atom is 0.256 e. The molecule has 124 valence electrons. The van der Waals surface area contributed by atoms with E-state index in [0.29, 0.717) is 18.2 Å². The van der Waals surface area contributed by atoms with Gasteiger partial charge in [0.1, 0.15) is 18.2 Å². The molecule has 1 amide bonds. The van der Waals surface area contributed by atoms with Gasteiger partial charge in [0, 0.05) is 11.6 Å². The average molecular weight is 323 g/mol. The van der Waals surface area contributed by atoms with Crippen LogP contribution in [0.2, 0.25) is 0 Å². The monoisotopic (exact) mass is 323 g/mol. The van der Waals surface area contributed by atoms with E-state index in [0.717, 1.165) is 30.0 Å². The van der Waals surface area contributed by atoms with Crippen LogP contribution in [-0.4, -0.2) is 22.3 Å². The second-order valence-electron chi connectivity index (χ2n) is 6.40. The molecular formula is C19H21N3O2. The summed E-state index contributed by atoms with van der Waals surface area (Å²) in [5, 5.41) is 7.43. The lowest BCUT2D eigenvalue weighted by Gasteiger charge is -2.24. The minimum absolute atomic E-state index is 0.123. The quantitative estimate of drug-likeness (QED) is 0.934. The van der Waals surface area contributed by atoms with Crippen molar-refractivity contribution >= 4 is 17.8 Å². The molecule has 5 nitrogen and oxygen atoms in total. The lowest BCUT2D eigenvalue weighted by molar-refractivity contribution is -0.113. The third kappa shape index (κ3) is 2.94. The Morgan fingerprint density at radius 2 is 2.00 bits per heavy atom. The minimum Gasteiger partial charge on any atom is -0.488 e. The molecule has 2 aliphatic rings. The van der Waals surface area contributed by atoms with Crippen molar-refractivity contribution in [1.82, 2.24) is 9.78 Å². The van der Waals surface area contributed by atoms with E-state index < -0.39 is 0 Å². The maximum atomic E-state index is 12.6. The second-order valence-corrected chi connectivity index (χ2v) is 6.40. The third-order valence-electron chi connectivity index (χ3n) is 4.76. The number of anilines is 1. The highest BCUT2D eigenvalue weighted by Gasteiger charge is 2.21. The Balaban J connectivity index is 1.51. The predicted octanol–water partition coefficient (Wildman–Crippen LogP) is 3.80. The first-order chi connectivity index (χ1) is 11.8. The van der Waals surface area contributed by atoms with E-state index in [1.807, 2.05) is 41.1 Å². The highest BCUT2D eigenvalue weighted by molar-refractivity contribution is 6.07. The molecule has 0 bridgehead atoms. The Morgan fingerprint density at radius 3 is 2.88 bits per heavy atom. The van der Waals surface area contributed by atoms with Gasteiger partial charge in [-0.1, -0.05) is 37.5 Å². The molecule has 0 radical (unpaired) electrons. The number of amides is 1. The van der Waals surface area contributed by atoms with Crippen LogP contribution >= 0.6 is 0 Å². The van der Waals surface area contributed by atoms with Crippen molar-refractivity contribution in [2.24, 2.45) is 0 Å². The summed E-state index contributed by atoms with van der Waals surface area (Å²) in [7, 11) is 0. The summed E-state index contributed by atoms with van der Waals surface area (Å²) < 4.78 is 7.64. The molecule has 24 heavy (non-hydrogen) atoms. The number of nitrogens with zero attached hydrogens (tertiary/aromatic N) is 2. The van der Waals surface area contributed by atoms with E-state index in [4.69, 9.17) is 4.74 Å². The van der Waals surface area contributed by atoms with Gasteiger partial charge in [0.25, 0.3) is 5.91 Å². The molecule has 1 aliphatic heterocycles. The van der Waals surface area contributed by atoms with Gasteiger partial charge in [-0.2, -0.15) is 5.10 Å². The van der Waals surface area contributed by atoms with Crippen LogP contribution in [0.3, 0.4) is 0 Å². The molecule has 0 spiro atoms. The van der Waals surface area contributed by atoms with Gasteiger partial charge >= 0.3 is 0 Å². The van der Waals surface area contributed by atoms with Crippen LogP contribution in [0.1, 0.15) is 43.7 Å². The van der Waals surface area contributed by atoms with Crippen LogP contribution in [0.4, 0.5) is 5.82 Å². The molecule has 5 heteroatoms. The molecular weight excluding hydrogens is 302 g/mol. The van der Waals surface area contributed by atoms with E-state index >= 15 is 0 Å². The molecule has 0 saturated heterocycles. The van der Waals surface area contributed by atoms with Crippen LogP contribution in [0.15, 0.2) is 42.1 Å². The number of aromatic nitrogens is 2. The standard InChI is InChI=1S/C19H21N3O2/c23-19(15-12-14-6-4-5-9-17(14)24-13-15)21-18-10-11-20-22(18)16-7-2-1-3-8-16/h4-6,9-12,16H,1-3,7-8,13H2,(H,21,23). The molecule has 0 unspecified atom stereocenters. The van der Waals surface area contributed by atoms with Gasteiger partial charge in [-0.05, 0) is 25.0 Å². The van der Waals surface area contributed by atoms with Crippen LogP contribution in [-0.2, 0) is 4.79 Å². The first-order valence-corrected chi connectivity index (χ1v) is 8.58. The molecule has 4 rings (SSSR count). The summed E-state index contributed by atoms with van der Waals surface area (Å²) in [6.45, 7) is 0.292. The summed E-state index contributed by atoms with van der Waals surface area (Å²) in [5.74, 6) is 1.47. The van der Waals surface area contributed by atoms with Crippen molar-refractivity contribution in [2.75, 3.05) is 11.9 Å². The molecule has 1 aromatic carbocycles. The lowest BCUT2D eigenvalue weighted by atomic mass is 9.96. The number of carbonyl (C=O) groups is 1. The van der Waals surface area contributed by atoms with Gasteiger partial charge in [0.2, 0.25) is 0 Å². The molecule has 1 aliphatic carbocycles. The summed E-state index contributed by atoms with van der Waals surface area (Å²) in [6.07, 6.45) is 9.67. The molecule has 0 atom stereocenters. The highest BCUT2D eigenvalue weighted by atomic mass is 16.5. The van der Waals surface area contributed by atoms with E-state index in [2.05, 4.69) is 10.4 Å². The average Bonchev–Trinajstić information content (AvgIpc) is 3.10. The summed E-state index contributed by atoms with van der Waals surface area (Å²) in [4.78, 5) is 12.6. The number of para-hydroxylation sites is 1. The first kappa shape index (κ1) is 15.0. The molecule has 2 heterocycles. The van der Waals surface area contributed by atoms with Gasteiger partial charge in [0.15, 0.2) is 0 Å². The fourth-order valence-corrected chi connectivity index (χ4v) is 3.47. The van der Waals surface area contributed by atoms with Crippen molar-refractivity contribution in [3.05, 3.63) is 47.7 Å². The van der Waals surface area contributed by atoms with Gasteiger partial charge < -0.3 is 10.1 Å². The van der Waals surface area contributed by atoms with Crippen molar-refractivity contribution < 1.29 is 9.53 Å². The Hall–Kier alpha value is -2.56. The molecule has 1 saturated carbocycles. The molecule has 2 aromatic rings. The Morgan fingerprint density at radius 1 is 1.17 bits per heavy atom. The number of nitrogens with one attached hydrogen (secondary N) is 1. The number of fused-ring (bicyclic) bond motifs is 1. The van der Waals surface area contributed by atoms with E-state index in [9.17, 15) is 4.79 Å². The Labute approximate surface area is 141 Å². The third-order valence-corrected chi connectivity index (χ3v) is 4.76. The van der Waals surface area contributed by atoms with Gasteiger partial charge in [-0.15, -0.1) is 0 Å². The van der Waals surface area contributed by atoms with Crippen molar-refractivity contribution in [3.8, 4) is 5.75 Å². The van der Waals surface area contributed by atoms with Crippen molar-refractivity contribution in [1.29, 1.82) is 0 Å². The summed E-state index contributed by atoms with van der Waals surface area (Å²) in [6, 6.07) is 10.00. The molecule has 1 aromatic heterocycles. The zero-order chi connectivity index (χ0) is 16.4. The summed E-state index contributed by atoms with van der Waals surface area (Å²) >= 11 is 0.